The zero-order chi connectivity index (χ0) is 22.5. The van der Waals surface area contributed by atoms with E-state index in [1.54, 1.807) is 0 Å². The van der Waals surface area contributed by atoms with Gasteiger partial charge in [0.05, 0.1) is 0 Å². The van der Waals surface area contributed by atoms with Crippen molar-refractivity contribution in [1.29, 1.82) is 0 Å². The van der Waals surface area contributed by atoms with Crippen LogP contribution in [-0.2, 0) is 0 Å². The maximum absolute atomic E-state index is 3.23. The molecule has 2 heterocycles. The lowest BCUT2D eigenvalue weighted by Crippen LogP contribution is -3.00. The fourth-order valence-electron chi connectivity index (χ4n) is 3.24. The van der Waals surface area contributed by atoms with E-state index in [1.165, 1.54) is 22.3 Å². The third-order valence-electron chi connectivity index (χ3n) is 5.64. The van der Waals surface area contributed by atoms with Gasteiger partial charge in [-0.1, -0.05) is 24.3 Å². The second-order valence-corrected chi connectivity index (χ2v) is 8.06. The van der Waals surface area contributed by atoms with Crippen molar-refractivity contribution in [3.8, 4) is 35.1 Å². The first-order valence-corrected chi connectivity index (χ1v) is 10.7. The molecule has 0 amide bonds. The fraction of sp³-hybridized carbons (Fsp3) is 0.133. The minimum atomic E-state index is 0. The van der Waals surface area contributed by atoms with Gasteiger partial charge in [-0.15, -0.1) is 9.13 Å². The van der Waals surface area contributed by atoms with E-state index in [1.807, 2.05) is 21.5 Å². The van der Waals surface area contributed by atoms with Gasteiger partial charge in [0.15, 0.2) is 24.8 Å². The van der Waals surface area contributed by atoms with E-state index in [0.29, 0.717) is 0 Å². The molecule has 2 nitrogen and oxygen atoms in total. The maximum atomic E-state index is 3.23. The minimum Gasteiger partial charge on any atom is -1.00 e. The van der Waals surface area contributed by atoms with Gasteiger partial charge in [0.2, 0.25) is 12.1 Å². The van der Waals surface area contributed by atoms with Crippen LogP contribution in [0.2, 0.25) is 0 Å². The standard InChI is InChI=1S/C30H26N2.2BrH/c1-23-13-17-31(21-25(23)3)19-15-27-5-9-29(10-6-27)30-11-7-28(8-12-30)16-20-32-18-14-24(2)26(4)22-32;;/h5-14,17-18,21-22H,1-4H3;2*1H/q+2;;/p-2. The quantitative estimate of drug-likeness (QED) is 0.201. The van der Waals surface area contributed by atoms with Crippen molar-refractivity contribution in [3.63, 3.8) is 0 Å². The Morgan fingerprint density at radius 3 is 1.15 bits per heavy atom. The monoisotopic (exact) mass is 572 g/mol. The highest BCUT2D eigenvalue weighted by molar-refractivity contribution is 5.65. The van der Waals surface area contributed by atoms with Gasteiger partial charge < -0.3 is 34.0 Å². The van der Waals surface area contributed by atoms with Gasteiger partial charge in [0, 0.05) is 46.2 Å². The second kappa shape index (κ2) is 12.3. The number of halogens is 2. The van der Waals surface area contributed by atoms with Crippen LogP contribution in [-0.4, -0.2) is 0 Å². The number of aromatic nitrogens is 2. The van der Waals surface area contributed by atoms with E-state index in [4.69, 9.17) is 0 Å². The average molecular weight is 574 g/mol. The first-order chi connectivity index (χ1) is 15.5. The molecule has 0 fully saturated rings. The summed E-state index contributed by atoms with van der Waals surface area (Å²) in [5.74, 6) is 6.45. The molecule has 170 valence electrons. The maximum Gasteiger partial charge on any atom is 0.234 e. The summed E-state index contributed by atoms with van der Waals surface area (Å²) in [5, 5.41) is 0. The van der Waals surface area contributed by atoms with E-state index in [-0.39, 0.29) is 34.0 Å². The molecule has 0 saturated heterocycles. The Morgan fingerprint density at radius 1 is 0.471 bits per heavy atom. The van der Waals surface area contributed by atoms with Crippen LogP contribution in [0.1, 0.15) is 33.4 Å². The molecule has 4 heteroatoms. The van der Waals surface area contributed by atoms with E-state index in [0.717, 1.165) is 22.3 Å². The number of rotatable bonds is 1. The Morgan fingerprint density at radius 2 is 0.824 bits per heavy atom. The molecule has 0 N–H and O–H groups in total. The average Bonchev–Trinajstić information content (AvgIpc) is 2.81. The molecule has 4 aromatic rings. The number of aryl methyl sites for hydroxylation is 4. The predicted octanol–water partition coefficient (Wildman–Crippen LogP) is -1.12. The smallest absolute Gasteiger partial charge is 0.234 e. The lowest BCUT2D eigenvalue weighted by Gasteiger charge is -2.01. The third kappa shape index (κ3) is 6.91. The molecule has 0 unspecified atom stereocenters. The zero-order valence-electron chi connectivity index (χ0n) is 19.7. The molecule has 0 bridgehead atoms. The summed E-state index contributed by atoms with van der Waals surface area (Å²) in [6.45, 7) is 8.41. The predicted molar refractivity (Wildman–Crippen MR) is 129 cm³/mol. The highest BCUT2D eigenvalue weighted by atomic mass is 79.9. The van der Waals surface area contributed by atoms with Crippen LogP contribution < -0.4 is 43.1 Å². The SMILES string of the molecule is Cc1cc[n+](C#Cc2ccc(-c3ccc(C#C[n+]4ccc(C)c(C)c4)cc3)cc2)cc1C.[Br-].[Br-]. The summed E-state index contributed by atoms with van der Waals surface area (Å²) in [6.07, 6.45) is 8.10. The fourth-order valence-corrected chi connectivity index (χ4v) is 3.24. The molecule has 0 aliphatic rings. The van der Waals surface area contributed by atoms with Gasteiger partial charge in [-0.3, -0.25) is 0 Å². The lowest BCUT2D eigenvalue weighted by molar-refractivity contribution is -0.584. The number of pyridine rings is 2. The van der Waals surface area contributed by atoms with Crippen molar-refractivity contribution in [2.75, 3.05) is 0 Å². The van der Waals surface area contributed by atoms with E-state index < -0.39 is 0 Å². The summed E-state index contributed by atoms with van der Waals surface area (Å²) in [6, 6.07) is 27.2. The zero-order valence-corrected chi connectivity index (χ0v) is 22.9. The molecule has 2 aromatic carbocycles. The van der Waals surface area contributed by atoms with Gasteiger partial charge in [-0.25, -0.2) is 0 Å². The topological polar surface area (TPSA) is 7.76 Å². The van der Waals surface area contributed by atoms with Crippen LogP contribution >= 0.6 is 0 Å². The van der Waals surface area contributed by atoms with Gasteiger partial charge in [0.25, 0.3) is 0 Å². The molecule has 0 aliphatic heterocycles. The molecule has 4 rings (SSSR count). The highest BCUT2D eigenvalue weighted by Gasteiger charge is 2.02. The number of benzene rings is 2. The summed E-state index contributed by atoms with van der Waals surface area (Å²) >= 11 is 0. The molecule has 0 radical (unpaired) electrons. The Bertz CT molecular complexity index is 1290. The van der Waals surface area contributed by atoms with Gasteiger partial charge in [-0.05, 0) is 74.2 Å². The van der Waals surface area contributed by atoms with Crippen LogP contribution in [0, 0.1) is 51.6 Å². The van der Waals surface area contributed by atoms with Crippen molar-refractivity contribution in [2.45, 2.75) is 27.7 Å². The first kappa shape index (κ1) is 27.1. The summed E-state index contributed by atoms with van der Waals surface area (Å²) in [4.78, 5) is 0. The third-order valence-corrected chi connectivity index (χ3v) is 5.64. The lowest BCUT2D eigenvalue weighted by atomic mass is 10.0. The normalized spacial score (nSPS) is 9.41. The van der Waals surface area contributed by atoms with Crippen LogP contribution in [0.25, 0.3) is 11.1 Å². The van der Waals surface area contributed by atoms with Crippen LogP contribution in [0.3, 0.4) is 0 Å². The van der Waals surface area contributed by atoms with Crippen molar-refractivity contribution in [3.05, 3.63) is 119 Å². The van der Waals surface area contributed by atoms with Crippen molar-refractivity contribution in [2.24, 2.45) is 0 Å². The van der Waals surface area contributed by atoms with Crippen molar-refractivity contribution >= 4 is 0 Å². The molecule has 0 spiro atoms. The van der Waals surface area contributed by atoms with Gasteiger partial charge >= 0.3 is 0 Å². The summed E-state index contributed by atoms with van der Waals surface area (Å²) in [7, 11) is 0. The van der Waals surface area contributed by atoms with Crippen LogP contribution in [0.15, 0.2) is 85.5 Å². The Balaban J connectivity index is 0.00000204. The minimum absolute atomic E-state index is 0. The first-order valence-electron chi connectivity index (χ1n) is 10.7. The van der Waals surface area contributed by atoms with Crippen LogP contribution in [0.4, 0.5) is 0 Å². The number of nitrogens with zero attached hydrogens (tertiary/aromatic N) is 2. The number of hydrogen-bond donors (Lipinski definition) is 0. The Labute approximate surface area is 223 Å². The Hall–Kier alpha value is -3.18. The Kier molecular flexibility index (Phi) is 9.82. The molecule has 0 aliphatic carbocycles. The van der Waals surface area contributed by atoms with Crippen molar-refractivity contribution in [1.82, 2.24) is 0 Å². The van der Waals surface area contributed by atoms with Gasteiger partial charge in [0.1, 0.15) is 0 Å². The van der Waals surface area contributed by atoms with E-state index >= 15 is 0 Å². The van der Waals surface area contributed by atoms with Crippen LogP contribution in [0.5, 0.6) is 0 Å². The molecule has 2 aromatic heterocycles. The molecular weight excluding hydrogens is 548 g/mol. The summed E-state index contributed by atoms with van der Waals surface area (Å²) < 4.78 is 3.82. The number of hydrogen-bond acceptors (Lipinski definition) is 0. The highest BCUT2D eigenvalue weighted by Crippen LogP contribution is 2.20. The molecular formula is C30H26Br2N2. The molecule has 0 atom stereocenters. The molecule has 0 saturated carbocycles. The second-order valence-electron chi connectivity index (χ2n) is 8.06. The largest absolute Gasteiger partial charge is 1.00 e. The summed E-state index contributed by atoms with van der Waals surface area (Å²) in [5.41, 5.74) is 9.33. The van der Waals surface area contributed by atoms with Gasteiger partial charge in [-0.2, -0.15) is 0 Å². The molecule has 34 heavy (non-hydrogen) atoms. The van der Waals surface area contributed by atoms with E-state index in [9.17, 15) is 0 Å². The van der Waals surface area contributed by atoms with E-state index in [2.05, 4.69) is 125 Å². The van der Waals surface area contributed by atoms with Crippen molar-refractivity contribution < 1.29 is 43.1 Å².